The molecule has 0 radical (unpaired) electrons. The van der Waals surface area contributed by atoms with Gasteiger partial charge in [-0.1, -0.05) is 66.5 Å². The maximum Gasteiger partial charge on any atom is 0.270 e. The number of hydrogen-bond donors (Lipinski definition) is 0. The summed E-state index contributed by atoms with van der Waals surface area (Å²) in [5.74, 6) is -0.537. The Morgan fingerprint density at radius 2 is 1.74 bits per heavy atom. The Bertz CT molecular complexity index is 798. The Morgan fingerprint density at radius 3 is 2.43 bits per heavy atom. The van der Waals surface area contributed by atoms with Crippen molar-refractivity contribution in [3.63, 3.8) is 0 Å². The van der Waals surface area contributed by atoms with Gasteiger partial charge in [-0.25, -0.2) is 4.39 Å². The van der Waals surface area contributed by atoms with E-state index < -0.39 is 0 Å². The van der Waals surface area contributed by atoms with Crippen molar-refractivity contribution in [1.82, 2.24) is 0 Å². The molecule has 114 valence electrons. The summed E-state index contributed by atoms with van der Waals surface area (Å²) in [7, 11) is 0. The van der Waals surface area contributed by atoms with E-state index in [1.54, 1.807) is 18.2 Å². The topological polar surface area (TPSA) is 20.3 Å². The average Bonchev–Trinajstić information content (AvgIpc) is 2.84. The van der Waals surface area contributed by atoms with Crippen LogP contribution in [0.5, 0.6) is 0 Å². The summed E-state index contributed by atoms with van der Waals surface area (Å²) in [5.41, 5.74) is 1.63. The lowest BCUT2D eigenvalue weighted by Gasteiger charge is -2.13. The van der Waals surface area contributed by atoms with E-state index in [2.05, 4.69) is 0 Å². The number of carbonyl (C=O) groups is 1. The zero-order valence-corrected chi connectivity index (χ0v) is 13.6. The standard InChI is InChI=1S/C18H12FNOS2/c19-14-9-11-15(12-10-14)20-17(21)16(23-18(20)22)8-4-7-13-5-2-1-3-6-13/h1-12H. The molecule has 2 aromatic carbocycles. The average molecular weight is 341 g/mol. The molecule has 1 heterocycles. The molecular formula is C18H12FNOS2. The van der Waals surface area contributed by atoms with Crippen molar-refractivity contribution >= 4 is 46.0 Å². The highest BCUT2D eigenvalue weighted by Crippen LogP contribution is 2.34. The molecule has 1 amide bonds. The number of thiocarbonyl (C=S) groups is 1. The number of allylic oxidation sites excluding steroid dienone is 2. The van der Waals surface area contributed by atoms with Crippen LogP contribution in [-0.4, -0.2) is 10.2 Å². The molecule has 1 aliphatic heterocycles. The van der Waals surface area contributed by atoms with Gasteiger partial charge in [-0.15, -0.1) is 0 Å². The third-order valence-electron chi connectivity index (χ3n) is 3.21. The summed E-state index contributed by atoms with van der Waals surface area (Å²) in [4.78, 5) is 14.4. The van der Waals surface area contributed by atoms with Crippen molar-refractivity contribution in [1.29, 1.82) is 0 Å². The second kappa shape index (κ2) is 6.89. The molecule has 1 saturated heterocycles. The fourth-order valence-electron chi connectivity index (χ4n) is 2.11. The molecule has 0 bridgehead atoms. The number of benzene rings is 2. The normalized spacial score (nSPS) is 16.7. The first kappa shape index (κ1) is 15.6. The number of thioether (sulfide) groups is 1. The van der Waals surface area contributed by atoms with E-state index in [-0.39, 0.29) is 11.7 Å². The fourth-order valence-corrected chi connectivity index (χ4v) is 3.36. The van der Waals surface area contributed by atoms with Gasteiger partial charge in [-0.05, 0) is 35.9 Å². The van der Waals surface area contributed by atoms with Crippen LogP contribution in [0, 0.1) is 5.82 Å². The van der Waals surface area contributed by atoms with Crippen LogP contribution in [0.3, 0.4) is 0 Å². The number of hydrogen-bond acceptors (Lipinski definition) is 3. The fraction of sp³-hybridized carbons (Fsp3) is 0. The Labute approximate surface area is 143 Å². The quantitative estimate of drug-likeness (QED) is 0.591. The Morgan fingerprint density at radius 1 is 1.04 bits per heavy atom. The molecule has 0 atom stereocenters. The first-order valence-electron chi connectivity index (χ1n) is 6.90. The lowest BCUT2D eigenvalue weighted by atomic mass is 10.2. The van der Waals surface area contributed by atoms with Crippen molar-refractivity contribution in [3.05, 3.63) is 83.0 Å². The summed E-state index contributed by atoms with van der Waals surface area (Å²) in [6.07, 6.45) is 5.49. The SMILES string of the molecule is O=C1C(=CC=Cc2ccccc2)SC(=S)N1c1ccc(F)cc1. The second-order valence-corrected chi connectivity index (χ2v) is 6.46. The molecule has 1 fully saturated rings. The van der Waals surface area contributed by atoms with Gasteiger partial charge in [0.2, 0.25) is 0 Å². The maximum absolute atomic E-state index is 13.0. The smallest absolute Gasteiger partial charge is 0.268 e. The van der Waals surface area contributed by atoms with Crippen LogP contribution in [0.15, 0.2) is 71.7 Å². The number of anilines is 1. The van der Waals surface area contributed by atoms with Gasteiger partial charge in [0.05, 0.1) is 10.6 Å². The maximum atomic E-state index is 13.0. The Hall–Kier alpha value is -2.24. The number of halogens is 1. The minimum absolute atomic E-state index is 0.190. The van der Waals surface area contributed by atoms with E-state index in [4.69, 9.17) is 12.2 Å². The molecule has 2 aromatic rings. The molecule has 0 saturated carbocycles. The van der Waals surface area contributed by atoms with E-state index in [1.807, 2.05) is 42.5 Å². The van der Waals surface area contributed by atoms with Crippen LogP contribution in [0.2, 0.25) is 0 Å². The van der Waals surface area contributed by atoms with Gasteiger partial charge in [-0.2, -0.15) is 0 Å². The van der Waals surface area contributed by atoms with Crippen molar-refractivity contribution in [2.45, 2.75) is 0 Å². The predicted molar refractivity (Wildman–Crippen MR) is 97.6 cm³/mol. The molecule has 0 unspecified atom stereocenters. The number of nitrogens with zero attached hydrogens (tertiary/aromatic N) is 1. The van der Waals surface area contributed by atoms with Gasteiger partial charge in [0, 0.05) is 0 Å². The first-order chi connectivity index (χ1) is 11.1. The highest BCUT2D eigenvalue weighted by atomic mass is 32.2. The third-order valence-corrected chi connectivity index (χ3v) is 4.53. The molecule has 0 N–H and O–H groups in total. The molecule has 0 aliphatic carbocycles. The van der Waals surface area contributed by atoms with Crippen LogP contribution in [0.25, 0.3) is 6.08 Å². The van der Waals surface area contributed by atoms with Gasteiger partial charge in [0.25, 0.3) is 5.91 Å². The van der Waals surface area contributed by atoms with E-state index >= 15 is 0 Å². The van der Waals surface area contributed by atoms with Crippen LogP contribution < -0.4 is 4.90 Å². The van der Waals surface area contributed by atoms with Crippen molar-refractivity contribution in [2.24, 2.45) is 0 Å². The molecule has 0 spiro atoms. The van der Waals surface area contributed by atoms with Gasteiger partial charge < -0.3 is 0 Å². The summed E-state index contributed by atoms with van der Waals surface area (Å²) in [6, 6.07) is 15.5. The van der Waals surface area contributed by atoms with E-state index in [0.717, 1.165) is 5.56 Å². The number of rotatable bonds is 3. The Kier molecular flexibility index (Phi) is 4.69. The monoisotopic (exact) mass is 341 g/mol. The highest BCUT2D eigenvalue weighted by Gasteiger charge is 2.32. The molecule has 1 aliphatic rings. The lowest BCUT2D eigenvalue weighted by molar-refractivity contribution is -0.113. The summed E-state index contributed by atoms with van der Waals surface area (Å²) < 4.78 is 13.5. The summed E-state index contributed by atoms with van der Waals surface area (Å²) >= 11 is 6.50. The molecule has 23 heavy (non-hydrogen) atoms. The van der Waals surface area contributed by atoms with E-state index in [1.165, 1.54) is 28.8 Å². The zero-order chi connectivity index (χ0) is 16.2. The summed E-state index contributed by atoms with van der Waals surface area (Å²) in [5, 5.41) is 0. The number of amides is 1. The van der Waals surface area contributed by atoms with Crippen LogP contribution >= 0.6 is 24.0 Å². The van der Waals surface area contributed by atoms with Crippen LogP contribution in [0.1, 0.15) is 5.56 Å². The molecule has 2 nitrogen and oxygen atoms in total. The molecule has 3 rings (SSSR count). The van der Waals surface area contributed by atoms with Crippen LogP contribution in [0.4, 0.5) is 10.1 Å². The second-order valence-electron chi connectivity index (χ2n) is 4.79. The van der Waals surface area contributed by atoms with Crippen molar-refractivity contribution in [2.75, 3.05) is 4.90 Å². The van der Waals surface area contributed by atoms with E-state index in [0.29, 0.717) is 14.9 Å². The highest BCUT2D eigenvalue weighted by molar-refractivity contribution is 8.27. The van der Waals surface area contributed by atoms with Crippen molar-refractivity contribution in [3.8, 4) is 0 Å². The number of carbonyl (C=O) groups excluding carboxylic acids is 1. The third kappa shape index (κ3) is 3.57. The summed E-state index contributed by atoms with van der Waals surface area (Å²) in [6.45, 7) is 0. The lowest BCUT2D eigenvalue weighted by Crippen LogP contribution is -2.27. The largest absolute Gasteiger partial charge is 0.270 e. The minimum atomic E-state index is -0.347. The van der Waals surface area contributed by atoms with Gasteiger partial charge >= 0.3 is 0 Å². The van der Waals surface area contributed by atoms with Crippen LogP contribution in [-0.2, 0) is 4.79 Å². The first-order valence-corrected chi connectivity index (χ1v) is 8.13. The molecule has 0 aromatic heterocycles. The molecule has 5 heteroatoms. The van der Waals surface area contributed by atoms with Crippen molar-refractivity contribution < 1.29 is 9.18 Å². The van der Waals surface area contributed by atoms with E-state index in [9.17, 15) is 9.18 Å². The van der Waals surface area contributed by atoms with Gasteiger partial charge in [-0.3, -0.25) is 9.69 Å². The Balaban J connectivity index is 1.79. The van der Waals surface area contributed by atoms with Gasteiger partial charge in [0.15, 0.2) is 4.32 Å². The van der Waals surface area contributed by atoms with Gasteiger partial charge in [0.1, 0.15) is 5.82 Å². The molecular weight excluding hydrogens is 329 g/mol. The zero-order valence-electron chi connectivity index (χ0n) is 12.0. The minimum Gasteiger partial charge on any atom is -0.268 e. The predicted octanol–water partition coefficient (Wildman–Crippen LogP) is 4.79.